The number of nitrogens with zero attached hydrogens (tertiary/aromatic N) is 1. The smallest absolute Gasteiger partial charge is 0.291 e. The summed E-state index contributed by atoms with van der Waals surface area (Å²) in [5.74, 6) is -1.00. The van der Waals surface area contributed by atoms with Crippen LogP contribution in [0.2, 0.25) is 0 Å². The van der Waals surface area contributed by atoms with E-state index in [0.29, 0.717) is 27.8 Å². The minimum atomic E-state index is -0.728. The summed E-state index contributed by atoms with van der Waals surface area (Å²) in [7, 11) is 0. The maximum Gasteiger partial charge on any atom is 0.291 e. The largest absolute Gasteiger partial charge is 0.484 e. The van der Waals surface area contributed by atoms with Gasteiger partial charge in [-0.1, -0.05) is 35.9 Å². The molecule has 8 heteroatoms. The molecule has 1 atom stereocenters. The van der Waals surface area contributed by atoms with Crippen LogP contribution in [0.25, 0.3) is 11.0 Å². The van der Waals surface area contributed by atoms with Gasteiger partial charge in [-0.3, -0.25) is 14.4 Å². The van der Waals surface area contributed by atoms with E-state index in [9.17, 15) is 18.8 Å². The molecule has 3 aromatic carbocycles. The standard InChI is InChI=1S/C27H21FN2O5/c1-15-2-11-21-20(12-15)25(32)23-24(17-5-9-19(10-6-17)34-14-22(29)31)30(27(33)26(23)35-21)13-16-3-7-18(28)8-4-16/h2-12,24H,13-14H2,1H3,(H2,29,31). The SMILES string of the molecule is Cc1ccc2oc3c(c(=O)c2c1)C(c1ccc(OCC(N)=O)cc1)N(Cc1ccc(F)cc1)C3=O. The lowest BCUT2D eigenvalue weighted by Crippen LogP contribution is -2.29. The summed E-state index contributed by atoms with van der Waals surface area (Å²) in [5.41, 5.74) is 7.70. The average Bonchev–Trinajstić information content (AvgIpc) is 3.11. The van der Waals surface area contributed by atoms with Gasteiger partial charge in [-0.15, -0.1) is 0 Å². The molecule has 176 valence electrons. The van der Waals surface area contributed by atoms with Crippen molar-refractivity contribution in [3.8, 4) is 5.75 Å². The van der Waals surface area contributed by atoms with Crippen LogP contribution in [0.15, 0.2) is 75.9 Å². The number of carbonyl (C=O) groups is 2. The van der Waals surface area contributed by atoms with Crippen molar-refractivity contribution in [2.75, 3.05) is 6.61 Å². The highest BCUT2D eigenvalue weighted by atomic mass is 19.1. The van der Waals surface area contributed by atoms with Crippen molar-refractivity contribution in [1.82, 2.24) is 4.90 Å². The maximum absolute atomic E-state index is 13.6. The molecule has 0 saturated carbocycles. The molecule has 2 N–H and O–H groups in total. The van der Waals surface area contributed by atoms with E-state index in [2.05, 4.69) is 0 Å². The molecule has 1 aliphatic rings. The fourth-order valence-corrected chi connectivity index (χ4v) is 4.33. The Morgan fingerprint density at radius 1 is 1.06 bits per heavy atom. The van der Waals surface area contributed by atoms with E-state index in [1.54, 1.807) is 48.5 Å². The number of carbonyl (C=O) groups excluding carboxylic acids is 2. The van der Waals surface area contributed by atoms with Crippen LogP contribution in [-0.2, 0) is 11.3 Å². The Labute approximate surface area is 199 Å². The van der Waals surface area contributed by atoms with Crippen LogP contribution < -0.4 is 15.9 Å². The Morgan fingerprint density at radius 2 is 1.77 bits per heavy atom. The van der Waals surface area contributed by atoms with Crippen LogP contribution in [-0.4, -0.2) is 23.3 Å². The first-order valence-corrected chi connectivity index (χ1v) is 11.0. The topological polar surface area (TPSA) is 103 Å². The van der Waals surface area contributed by atoms with E-state index >= 15 is 0 Å². The first-order valence-electron chi connectivity index (χ1n) is 11.0. The number of nitrogens with two attached hydrogens (primary N) is 1. The number of rotatable bonds is 6. The van der Waals surface area contributed by atoms with E-state index in [0.717, 1.165) is 5.56 Å². The van der Waals surface area contributed by atoms with Gasteiger partial charge in [0.05, 0.1) is 17.0 Å². The molecule has 0 spiro atoms. The molecule has 0 aliphatic carbocycles. The summed E-state index contributed by atoms with van der Waals surface area (Å²) in [6.07, 6.45) is 0. The van der Waals surface area contributed by atoms with Crippen molar-refractivity contribution in [2.24, 2.45) is 5.73 Å². The molecule has 0 saturated heterocycles. The highest BCUT2D eigenvalue weighted by molar-refractivity contribution is 5.99. The van der Waals surface area contributed by atoms with E-state index in [-0.39, 0.29) is 35.7 Å². The van der Waals surface area contributed by atoms with Crippen molar-refractivity contribution >= 4 is 22.8 Å². The average molecular weight is 472 g/mol. The van der Waals surface area contributed by atoms with Gasteiger partial charge in [0.25, 0.3) is 11.8 Å². The van der Waals surface area contributed by atoms with Crippen LogP contribution in [0.1, 0.15) is 38.9 Å². The fraction of sp³-hybridized carbons (Fsp3) is 0.148. The van der Waals surface area contributed by atoms with Gasteiger partial charge in [-0.05, 0) is 54.4 Å². The van der Waals surface area contributed by atoms with Gasteiger partial charge in [-0.2, -0.15) is 0 Å². The zero-order chi connectivity index (χ0) is 24.7. The van der Waals surface area contributed by atoms with Crippen molar-refractivity contribution in [3.05, 3.63) is 111 Å². The zero-order valence-corrected chi connectivity index (χ0v) is 18.8. The molecule has 0 bridgehead atoms. The molecule has 1 aromatic heterocycles. The number of amides is 2. The zero-order valence-electron chi connectivity index (χ0n) is 18.8. The van der Waals surface area contributed by atoms with Gasteiger partial charge >= 0.3 is 0 Å². The first kappa shape index (κ1) is 22.3. The fourth-order valence-electron chi connectivity index (χ4n) is 4.33. The predicted octanol–water partition coefficient (Wildman–Crippen LogP) is 3.85. The van der Waals surface area contributed by atoms with Gasteiger partial charge in [-0.25, -0.2) is 4.39 Å². The quantitative estimate of drug-likeness (QED) is 0.459. The Bertz CT molecular complexity index is 1510. The third-order valence-corrected chi connectivity index (χ3v) is 5.96. The summed E-state index contributed by atoms with van der Waals surface area (Å²) in [4.78, 5) is 39.7. The molecule has 4 aromatic rings. The molecule has 7 nitrogen and oxygen atoms in total. The second-order valence-corrected chi connectivity index (χ2v) is 8.46. The molecule has 5 rings (SSSR count). The molecule has 2 heterocycles. The number of aryl methyl sites for hydroxylation is 1. The molecular weight excluding hydrogens is 451 g/mol. The van der Waals surface area contributed by atoms with Crippen molar-refractivity contribution in [1.29, 1.82) is 0 Å². The van der Waals surface area contributed by atoms with Crippen molar-refractivity contribution < 1.29 is 23.1 Å². The second kappa shape index (κ2) is 8.72. The van der Waals surface area contributed by atoms with E-state index in [1.807, 2.05) is 13.0 Å². The van der Waals surface area contributed by atoms with Gasteiger partial charge in [0, 0.05) is 6.54 Å². The summed E-state index contributed by atoms with van der Waals surface area (Å²) >= 11 is 0. The van der Waals surface area contributed by atoms with Gasteiger partial charge in [0.2, 0.25) is 5.76 Å². The number of benzene rings is 3. The molecular formula is C27H21FN2O5. The molecule has 35 heavy (non-hydrogen) atoms. The second-order valence-electron chi connectivity index (χ2n) is 8.46. The van der Waals surface area contributed by atoms with Crippen LogP contribution in [0.5, 0.6) is 5.75 Å². The normalized spacial score (nSPS) is 14.9. The number of hydrogen-bond acceptors (Lipinski definition) is 5. The number of fused-ring (bicyclic) bond motifs is 2. The van der Waals surface area contributed by atoms with E-state index in [1.165, 1.54) is 17.0 Å². The highest BCUT2D eigenvalue weighted by Crippen LogP contribution is 2.39. The van der Waals surface area contributed by atoms with Crippen LogP contribution in [0, 0.1) is 12.7 Å². The molecule has 1 unspecified atom stereocenters. The van der Waals surface area contributed by atoms with Crippen LogP contribution >= 0.6 is 0 Å². The summed E-state index contributed by atoms with van der Waals surface area (Å²) in [6, 6.07) is 17.1. The number of halogens is 1. The lowest BCUT2D eigenvalue weighted by atomic mass is 9.98. The molecule has 0 radical (unpaired) electrons. The Kier molecular flexibility index (Phi) is 5.56. The highest BCUT2D eigenvalue weighted by Gasteiger charge is 2.42. The summed E-state index contributed by atoms with van der Waals surface area (Å²) < 4.78 is 24.7. The Morgan fingerprint density at radius 3 is 2.46 bits per heavy atom. The monoisotopic (exact) mass is 472 g/mol. The number of ether oxygens (including phenoxy) is 1. The van der Waals surface area contributed by atoms with Gasteiger partial charge < -0.3 is 19.8 Å². The summed E-state index contributed by atoms with van der Waals surface area (Å²) in [5, 5.41) is 0.395. The van der Waals surface area contributed by atoms with Gasteiger partial charge in [0.1, 0.15) is 17.1 Å². The maximum atomic E-state index is 13.6. The lowest BCUT2D eigenvalue weighted by molar-refractivity contribution is -0.119. The van der Waals surface area contributed by atoms with E-state index in [4.69, 9.17) is 14.9 Å². The minimum Gasteiger partial charge on any atom is -0.484 e. The molecule has 2 amide bonds. The first-order chi connectivity index (χ1) is 16.8. The van der Waals surface area contributed by atoms with Gasteiger partial charge in [0.15, 0.2) is 12.0 Å². The predicted molar refractivity (Wildman–Crippen MR) is 126 cm³/mol. The number of primary amides is 1. The molecule has 0 fully saturated rings. The Balaban J connectivity index is 1.63. The number of hydrogen-bond donors (Lipinski definition) is 1. The third kappa shape index (κ3) is 4.14. The van der Waals surface area contributed by atoms with Crippen LogP contribution in [0.4, 0.5) is 4.39 Å². The third-order valence-electron chi connectivity index (χ3n) is 5.96. The Hall–Kier alpha value is -4.46. The van der Waals surface area contributed by atoms with Crippen molar-refractivity contribution in [2.45, 2.75) is 19.5 Å². The van der Waals surface area contributed by atoms with E-state index < -0.39 is 17.9 Å². The minimum absolute atomic E-state index is 0.00693. The summed E-state index contributed by atoms with van der Waals surface area (Å²) in [6.45, 7) is 1.75. The van der Waals surface area contributed by atoms with Crippen LogP contribution in [0.3, 0.4) is 0 Å². The molecule has 1 aliphatic heterocycles. The van der Waals surface area contributed by atoms with Crippen molar-refractivity contribution in [3.63, 3.8) is 0 Å². The lowest BCUT2D eigenvalue weighted by Gasteiger charge is -2.25.